The molecule has 2 amide bonds. The minimum Gasteiger partial charge on any atom is -0.481 e. The lowest BCUT2D eigenvalue weighted by Gasteiger charge is -2.31. The summed E-state index contributed by atoms with van der Waals surface area (Å²) in [7, 11) is 0. The van der Waals surface area contributed by atoms with Crippen LogP contribution in [-0.2, 0) is 4.79 Å². The predicted molar refractivity (Wildman–Crippen MR) is 99.5 cm³/mol. The Labute approximate surface area is 157 Å². The highest BCUT2D eigenvalue weighted by Crippen LogP contribution is 2.22. The summed E-state index contributed by atoms with van der Waals surface area (Å²) in [6.07, 6.45) is 4.60. The number of aliphatic carboxylic acids is 1. The molecule has 1 saturated heterocycles. The molecule has 7 nitrogen and oxygen atoms in total. The number of nitrogens with one attached hydrogen (secondary N) is 1. The summed E-state index contributed by atoms with van der Waals surface area (Å²) in [5.41, 5.74) is 1.47. The number of aromatic nitrogens is 1. The number of carbonyl (C=O) groups is 3. The fourth-order valence-corrected chi connectivity index (χ4v) is 3.20. The van der Waals surface area contributed by atoms with Crippen LogP contribution in [0.5, 0.6) is 0 Å². The van der Waals surface area contributed by atoms with Crippen LogP contribution < -0.4 is 5.32 Å². The van der Waals surface area contributed by atoms with E-state index in [1.807, 2.05) is 0 Å². The summed E-state index contributed by atoms with van der Waals surface area (Å²) in [6.45, 7) is 1.09. The van der Waals surface area contributed by atoms with Gasteiger partial charge in [-0.25, -0.2) is 0 Å². The third-order valence-corrected chi connectivity index (χ3v) is 4.66. The molecule has 1 aromatic heterocycles. The molecule has 1 aliphatic heterocycles. The maximum absolute atomic E-state index is 12.7. The summed E-state index contributed by atoms with van der Waals surface area (Å²) in [5.74, 6) is -1.07. The summed E-state index contributed by atoms with van der Waals surface area (Å²) in [5, 5.41) is 11.7. The van der Waals surface area contributed by atoms with Crippen LogP contribution in [0.1, 0.15) is 40.0 Å². The van der Waals surface area contributed by atoms with E-state index in [0.29, 0.717) is 42.7 Å². The van der Waals surface area contributed by atoms with Crippen molar-refractivity contribution in [1.82, 2.24) is 9.88 Å². The number of piperidine rings is 1. The summed E-state index contributed by atoms with van der Waals surface area (Å²) in [4.78, 5) is 41.4. The maximum atomic E-state index is 12.7. The largest absolute Gasteiger partial charge is 0.481 e. The molecule has 3 rings (SSSR count). The smallest absolute Gasteiger partial charge is 0.303 e. The minimum atomic E-state index is -0.795. The van der Waals surface area contributed by atoms with Gasteiger partial charge in [0, 0.05) is 43.2 Å². The molecule has 1 aliphatic rings. The Kier molecular flexibility index (Phi) is 5.80. The highest BCUT2D eigenvalue weighted by molar-refractivity contribution is 6.04. The quantitative estimate of drug-likeness (QED) is 0.846. The van der Waals surface area contributed by atoms with Gasteiger partial charge in [-0.3, -0.25) is 19.4 Å². The van der Waals surface area contributed by atoms with Crippen LogP contribution in [0.4, 0.5) is 5.69 Å². The van der Waals surface area contributed by atoms with Crippen LogP contribution in [0, 0.1) is 5.92 Å². The van der Waals surface area contributed by atoms with Crippen LogP contribution in [-0.4, -0.2) is 45.9 Å². The first-order valence-electron chi connectivity index (χ1n) is 8.85. The van der Waals surface area contributed by atoms with E-state index in [0.717, 1.165) is 0 Å². The van der Waals surface area contributed by atoms with E-state index in [1.54, 1.807) is 47.5 Å². The normalized spacial score (nSPS) is 14.6. The Morgan fingerprint density at radius 1 is 1.11 bits per heavy atom. The van der Waals surface area contributed by atoms with Gasteiger partial charge in [0.1, 0.15) is 0 Å². The van der Waals surface area contributed by atoms with E-state index >= 15 is 0 Å². The van der Waals surface area contributed by atoms with Gasteiger partial charge in [-0.05, 0) is 49.1 Å². The molecule has 140 valence electrons. The molecule has 0 radical (unpaired) electrons. The fourth-order valence-electron chi connectivity index (χ4n) is 3.20. The number of rotatable bonds is 5. The lowest BCUT2D eigenvalue weighted by atomic mass is 9.93. The van der Waals surface area contributed by atoms with Crippen molar-refractivity contribution >= 4 is 23.5 Å². The SMILES string of the molecule is O=C(O)CC1CCN(C(=O)c2cccc(NC(=O)c3cccnc3)c2)CC1. The Hall–Kier alpha value is -3.22. The monoisotopic (exact) mass is 367 g/mol. The van der Waals surface area contributed by atoms with E-state index in [9.17, 15) is 14.4 Å². The van der Waals surface area contributed by atoms with Crippen LogP contribution in [0.2, 0.25) is 0 Å². The van der Waals surface area contributed by atoms with E-state index in [-0.39, 0.29) is 24.2 Å². The number of hydrogen-bond acceptors (Lipinski definition) is 4. The molecule has 0 unspecified atom stereocenters. The fraction of sp³-hybridized carbons (Fsp3) is 0.300. The molecule has 0 atom stereocenters. The molecule has 0 spiro atoms. The molecule has 0 aliphatic carbocycles. The number of carboxylic acids is 1. The third-order valence-electron chi connectivity index (χ3n) is 4.66. The highest BCUT2D eigenvalue weighted by atomic mass is 16.4. The van der Waals surface area contributed by atoms with Crippen molar-refractivity contribution in [2.24, 2.45) is 5.92 Å². The van der Waals surface area contributed by atoms with Crippen molar-refractivity contribution in [3.63, 3.8) is 0 Å². The molecule has 27 heavy (non-hydrogen) atoms. The lowest BCUT2D eigenvalue weighted by Crippen LogP contribution is -2.38. The molecular weight excluding hydrogens is 346 g/mol. The van der Waals surface area contributed by atoms with Crippen LogP contribution >= 0.6 is 0 Å². The number of carboxylic acid groups (broad SMARTS) is 1. The van der Waals surface area contributed by atoms with Crippen molar-refractivity contribution in [3.05, 3.63) is 59.9 Å². The van der Waals surface area contributed by atoms with E-state index in [1.165, 1.54) is 6.20 Å². The van der Waals surface area contributed by atoms with E-state index in [4.69, 9.17) is 5.11 Å². The van der Waals surface area contributed by atoms with Gasteiger partial charge in [0.25, 0.3) is 11.8 Å². The second-order valence-corrected chi connectivity index (χ2v) is 6.61. The number of likely N-dealkylation sites (tertiary alicyclic amines) is 1. The molecular formula is C20H21N3O4. The Morgan fingerprint density at radius 2 is 1.85 bits per heavy atom. The van der Waals surface area contributed by atoms with Gasteiger partial charge in [-0.1, -0.05) is 6.07 Å². The van der Waals surface area contributed by atoms with Gasteiger partial charge in [-0.15, -0.1) is 0 Å². The molecule has 2 aromatic rings. The molecule has 1 fully saturated rings. The third kappa shape index (κ3) is 4.91. The lowest BCUT2D eigenvalue weighted by molar-refractivity contribution is -0.138. The first-order valence-corrected chi connectivity index (χ1v) is 8.85. The molecule has 2 N–H and O–H groups in total. The summed E-state index contributed by atoms with van der Waals surface area (Å²) in [6, 6.07) is 10.2. The molecule has 0 saturated carbocycles. The average molecular weight is 367 g/mol. The molecule has 0 bridgehead atoms. The Balaban J connectivity index is 1.62. The van der Waals surface area contributed by atoms with Crippen molar-refractivity contribution in [2.45, 2.75) is 19.3 Å². The van der Waals surface area contributed by atoms with Gasteiger partial charge in [0.05, 0.1) is 5.56 Å². The Morgan fingerprint density at radius 3 is 2.52 bits per heavy atom. The minimum absolute atomic E-state index is 0.110. The van der Waals surface area contributed by atoms with Crippen molar-refractivity contribution in [1.29, 1.82) is 0 Å². The number of nitrogens with zero attached hydrogens (tertiary/aromatic N) is 2. The first kappa shape index (κ1) is 18.6. The summed E-state index contributed by atoms with van der Waals surface area (Å²) >= 11 is 0. The summed E-state index contributed by atoms with van der Waals surface area (Å²) < 4.78 is 0. The molecule has 7 heteroatoms. The highest BCUT2D eigenvalue weighted by Gasteiger charge is 2.25. The average Bonchev–Trinajstić information content (AvgIpc) is 2.68. The predicted octanol–water partition coefficient (Wildman–Crippen LogP) is 2.66. The van der Waals surface area contributed by atoms with Crippen molar-refractivity contribution in [2.75, 3.05) is 18.4 Å². The van der Waals surface area contributed by atoms with Gasteiger partial charge in [0.15, 0.2) is 0 Å². The second-order valence-electron chi connectivity index (χ2n) is 6.61. The van der Waals surface area contributed by atoms with Gasteiger partial charge in [-0.2, -0.15) is 0 Å². The van der Waals surface area contributed by atoms with E-state index in [2.05, 4.69) is 10.3 Å². The number of benzene rings is 1. The van der Waals surface area contributed by atoms with Crippen molar-refractivity contribution < 1.29 is 19.5 Å². The Bertz CT molecular complexity index is 830. The van der Waals surface area contributed by atoms with Gasteiger partial charge < -0.3 is 15.3 Å². The number of hydrogen-bond donors (Lipinski definition) is 2. The number of amides is 2. The number of anilines is 1. The van der Waals surface area contributed by atoms with Crippen LogP contribution in [0.3, 0.4) is 0 Å². The standard InChI is InChI=1S/C20H21N3O4/c24-18(25)11-14-6-9-23(10-7-14)20(27)15-3-1-5-17(12-15)22-19(26)16-4-2-8-21-13-16/h1-5,8,12-14H,6-7,9-11H2,(H,22,26)(H,24,25). The van der Waals surface area contributed by atoms with Gasteiger partial charge >= 0.3 is 5.97 Å². The van der Waals surface area contributed by atoms with Crippen LogP contribution in [0.25, 0.3) is 0 Å². The number of pyridine rings is 1. The topological polar surface area (TPSA) is 99.6 Å². The molecule has 2 heterocycles. The molecule has 1 aromatic carbocycles. The zero-order chi connectivity index (χ0) is 19.2. The first-order chi connectivity index (χ1) is 13.0. The van der Waals surface area contributed by atoms with E-state index < -0.39 is 5.97 Å². The maximum Gasteiger partial charge on any atom is 0.303 e. The second kappa shape index (κ2) is 8.44. The zero-order valence-electron chi connectivity index (χ0n) is 14.8. The van der Waals surface area contributed by atoms with Crippen LogP contribution in [0.15, 0.2) is 48.8 Å². The van der Waals surface area contributed by atoms with Crippen molar-refractivity contribution in [3.8, 4) is 0 Å². The number of carbonyl (C=O) groups excluding carboxylic acids is 2. The zero-order valence-corrected chi connectivity index (χ0v) is 14.8. The van der Waals surface area contributed by atoms with Gasteiger partial charge in [0.2, 0.25) is 0 Å².